The van der Waals surface area contributed by atoms with Gasteiger partial charge < -0.3 is 19.9 Å². The van der Waals surface area contributed by atoms with Crippen LogP contribution in [0.15, 0.2) is 10.5 Å². The van der Waals surface area contributed by atoms with Gasteiger partial charge in [0.25, 0.3) is 0 Å². The number of furan rings is 1. The molecule has 5 heteroatoms. The molecule has 0 spiro atoms. The second-order valence-corrected chi connectivity index (χ2v) is 4.46. The fraction of sp³-hybridized carbons (Fsp3) is 0.583. The van der Waals surface area contributed by atoms with Gasteiger partial charge in [0.1, 0.15) is 5.76 Å². The highest BCUT2D eigenvalue weighted by Gasteiger charge is 2.21. The highest BCUT2D eigenvalue weighted by molar-refractivity contribution is 5.86. The number of hydrogen-bond acceptors (Lipinski definition) is 4. The number of carboxylic acids is 1. The lowest BCUT2D eigenvalue weighted by Gasteiger charge is -2.26. The Kier molecular flexibility index (Phi) is 4.31. The first kappa shape index (κ1) is 13.7. The molecule has 0 radical (unpaired) electrons. The molecule has 0 aliphatic heterocycles. The lowest BCUT2D eigenvalue weighted by molar-refractivity contribution is 0.0658. The van der Waals surface area contributed by atoms with Crippen molar-refractivity contribution in [2.24, 2.45) is 0 Å². The number of carboxylic acid groups (broad SMARTS) is 1. The zero-order chi connectivity index (χ0) is 13.1. The summed E-state index contributed by atoms with van der Waals surface area (Å²) in [5.41, 5.74) is 0.237. The van der Waals surface area contributed by atoms with E-state index < -0.39 is 5.97 Å². The van der Waals surface area contributed by atoms with Crippen LogP contribution in [-0.4, -0.2) is 28.3 Å². The molecule has 1 atom stereocenters. The Morgan fingerprint density at radius 2 is 2.24 bits per heavy atom. The first-order chi connectivity index (χ1) is 7.91. The molecular weight excluding hydrogens is 222 g/mol. The van der Waals surface area contributed by atoms with Gasteiger partial charge in [-0.15, -0.1) is 0 Å². The van der Waals surface area contributed by atoms with Gasteiger partial charge >= 0.3 is 5.97 Å². The quantitative estimate of drug-likeness (QED) is 0.703. The van der Waals surface area contributed by atoms with Gasteiger partial charge in [-0.1, -0.05) is 6.92 Å². The average molecular weight is 241 g/mol. The second kappa shape index (κ2) is 5.33. The van der Waals surface area contributed by atoms with Crippen molar-refractivity contribution in [2.75, 3.05) is 6.61 Å². The van der Waals surface area contributed by atoms with E-state index >= 15 is 0 Å². The summed E-state index contributed by atoms with van der Waals surface area (Å²) in [6, 6.07) is 1.70. The summed E-state index contributed by atoms with van der Waals surface area (Å²) in [7, 11) is 0. The van der Waals surface area contributed by atoms with Crippen molar-refractivity contribution in [2.45, 2.75) is 39.3 Å². The second-order valence-electron chi connectivity index (χ2n) is 4.46. The van der Waals surface area contributed by atoms with E-state index in [1.807, 2.05) is 13.8 Å². The highest BCUT2D eigenvalue weighted by Crippen LogP contribution is 2.16. The molecule has 0 bridgehead atoms. The fourth-order valence-electron chi connectivity index (χ4n) is 1.44. The van der Waals surface area contributed by atoms with E-state index in [1.54, 1.807) is 13.0 Å². The van der Waals surface area contributed by atoms with E-state index in [0.717, 1.165) is 6.42 Å². The van der Waals surface area contributed by atoms with Crippen LogP contribution < -0.4 is 5.32 Å². The number of aryl methyl sites for hydroxylation is 1. The van der Waals surface area contributed by atoms with Gasteiger partial charge in [0.2, 0.25) is 5.76 Å². The van der Waals surface area contributed by atoms with Crippen LogP contribution in [0.3, 0.4) is 0 Å². The molecule has 1 unspecified atom stereocenters. The molecule has 3 N–H and O–H groups in total. The Bertz CT molecular complexity index is 393. The Labute approximate surface area is 100 Å². The van der Waals surface area contributed by atoms with Gasteiger partial charge in [-0.2, -0.15) is 0 Å². The van der Waals surface area contributed by atoms with Crippen molar-refractivity contribution in [1.82, 2.24) is 5.32 Å². The van der Waals surface area contributed by atoms with E-state index in [4.69, 9.17) is 9.52 Å². The SMILES string of the molecule is CCC(C)(CO)NCc1cc(C)c(C(=O)O)o1. The third kappa shape index (κ3) is 3.31. The number of rotatable bonds is 6. The minimum atomic E-state index is -1.06. The molecule has 1 heterocycles. The highest BCUT2D eigenvalue weighted by atomic mass is 16.4. The molecule has 0 aliphatic rings. The van der Waals surface area contributed by atoms with Crippen molar-refractivity contribution in [3.63, 3.8) is 0 Å². The van der Waals surface area contributed by atoms with E-state index in [2.05, 4.69) is 5.32 Å². The first-order valence-corrected chi connectivity index (χ1v) is 5.60. The molecule has 0 aromatic carbocycles. The van der Waals surface area contributed by atoms with Gasteiger partial charge in [0.15, 0.2) is 0 Å². The number of carbonyl (C=O) groups is 1. The maximum atomic E-state index is 10.8. The summed E-state index contributed by atoms with van der Waals surface area (Å²) >= 11 is 0. The van der Waals surface area contributed by atoms with Gasteiger partial charge in [0.05, 0.1) is 13.2 Å². The Morgan fingerprint density at radius 1 is 1.59 bits per heavy atom. The van der Waals surface area contributed by atoms with Crippen molar-refractivity contribution >= 4 is 5.97 Å². The van der Waals surface area contributed by atoms with Gasteiger partial charge in [0, 0.05) is 11.1 Å². The minimum Gasteiger partial charge on any atom is -0.475 e. The molecule has 0 saturated carbocycles. The summed E-state index contributed by atoms with van der Waals surface area (Å²) in [6.45, 7) is 6.00. The predicted molar refractivity (Wildman–Crippen MR) is 63.0 cm³/mol. The van der Waals surface area contributed by atoms with Crippen LogP contribution in [0.2, 0.25) is 0 Å². The Balaban J connectivity index is 2.70. The van der Waals surface area contributed by atoms with E-state index in [-0.39, 0.29) is 17.9 Å². The lowest BCUT2D eigenvalue weighted by Crippen LogP contribution is -2.44. The maximum absolute atomic E-state index is 10.8. The van der Waals surface area contributed by atoms with Crippen LogP contribution in [0, 0.1) is 6.92 Å². The normalized spacial score (nSPS) is 14.6. The van der Waals surface area contributed by atoms with E-state index in [1.165, 1.54) is 0 Å². The minimum absolute atomic E-state index is 0.0228. The molecule has 96 valence electrons. The molecule has 1 rings (SSSR count). The summed E-state index contributed by atoms with van der Waals surface area (Å²) in [5.74, 6) is -0.522. The third-order valence-corrected chi connectivity index (χ3v) is 2.98. The summed E-state index contributed by atoms with van der Waals surface area (Å²) in [4.78, 5) is 10.8. The van der Waals surface area contributed by atoms with Crippen molar-refractivity contribution < 1.29 is 19.4 Å². The van der Waals surface area contributed by atoms with E-state index in [9.17, 15) is 9.90 Å². The van der Waals surface area contributed by atoms with Crippen LogP contribution >= 0.6 is 0 Å². The number of hydrogen-bond donors (Lipinski definition) is 3. The summed E-state index contributed by atoms with van der Waals surface area (Å²) in [6.07, 6.45) is 0.773. The van der Waals surface area contributed by atoms with Crippen LogP contribution in [-0.2, 0) is 6.54 Å². The third-order valence-electron chi connectivity index (χ3n) is 2.98. The van der Waals surface area contributed by atoms with Crippen LogP contribution in [0.25, 0.3) is 0 Å². The molecule has 0 amide bonds. The topological polar surface area (TPSA) is 82.7 Å². The molecular formula is C12H19NO4. The Morgan fingerprint density at radius 3 is 2.65 bits per heavy atom. The van der Waals surface area contributed by atoms with Crippen molar-refractivity contribution in [1.29, 1.82) is 0 Å². The van der Waals surface area contributed by atoms with Gasteiger partial charge in [-0.3, -0.25) is 0 Å². The van der Waals surface area contributed by atoms with Crippen LogP contribution in [0.5, 0.6) is 0 Å². The molecule has 1 aromatic heterocycles. The van der Waals surface area contributed by atoms with Crippen LogP contribution in [0.4, 0.5) is 0 Å². The van der Waals surface area contributed by atoms with Crippen molar-refractivity contribution in [3.05, 3.63) is 23.2 Å². The number of aliphatic hydroxyl groups is 1. The molecule has 0 fully saturated rings. The fourth-order valence-corrected chi connectivity index (χ4v) is 1.44. The molecule has 17 heavy (non-hydrogen) atoms. The average Bonchev–Trinajstić information content (AvgIpc) is 2.68. The Hall–Kier alpha value is -1.33. The summed E-state index contributed by atoms with van der Waals surface area (Å²) < 4.78 is 5.22. The molecule has 5 nitrogen and oxygen atoms in total. The van der Waals surface area contributed by atoms with E-state index in [0.29, 0.717) is 17.9 Å². The molecule has 0 saturated heterocycles. The zero-order valence-corrected chi connectivity index (χ0v) is 10.4. The standard InChI is InChI=1S/C12H19NO4/c1-4-12(3,7-14)13-6-9-5-8(2)10(17-9)11(15)16/h5,13-14H,4,6-7H2,1-3H3,(H,15,16). The monoisotopic (exact) mass is 241 g/mol. The zero-order valence-electron chi connectivity index (χ0n) is 10.4. The molecule has 0 aliphatic carbocycles. The number of nitrogens with one attached hydrogen (secondary N) is 1. The predicted octanol–water partition coefficient (Wildman–Crippen LogP) is 1.54. The maximum Gasteiger partial charge on any atom is 0.372 e. The lowest BCUT2D eigenvalue weighted by atomic mass is 10.0. The van der Waals surface area contributed by atoms with Crippen molar-refractivity contribution in [3.8, 4) is 0 Å². The number of aromatic carboxylic acids is 1. The molecule has 1 aromatic rings. The van der Waals surface area contributed by atoms with Crippen LogP contribution in [0.1, 0.15) is 42.1 Å². The number of aliphatic hydroxyl groups excluding tert-OH is 1. The van der Waals surface area contributed by atoms with Gasteiger partial charge in [-0.05, 0) is 26.3 Å². The first-order valence-electron chi connectivity index (χ1n) is 5.60. The van der Waals surface area contributed by atoms with Gasteiger partial charge in [-0.25, -0.2) is 4.79 Å². The smallest absolute Gasteiger partial charge is 0.372 e. The summed E-state index contributed by atoms with van der Waals surface area (Å²) in [5, 5.41) is 21.2. The largest absolute Gasteiger partial charge is 0.475 e.